The first-order valence-corrected chi connectivity index (χ1v) is 5.72. The summed E-state index contributed by atoms with van der Waals surface area (Å²) in [5.74, 6) is -1.60. The lowest BCUT2D eigenvalue weighted by Gasteiger charge is -2.15. The van der Waals surface area contributed by atoms with E-state index in [1.165, 1.54) is 4.90 Å². The van der Waals surface area contributed by atoms with Gasteiger partial charge in [-0.05, 0) is 0 Å². The topological polar surface area (TPSA) is 53.3 Å². The minimum absolute atomic E-state index is 0.0264. The van der Waals surface area contributed by atoms with Crippen molar-refractivity contribution in [2.75, 3.05) is 20.2 Å². The molecule has 0 fully saturated rings. The van der Waals surface area contributed by atoms with E-state index in [1.54, 1.807) is 7.05 Å². The van der Waals surface area contributed by atoms with E-state index in [4.69, 9.17) is 10.00 Å². The van der Waals surface area contributed by atoms with E-state index in [2.05, 4.69) is 0 Å². The van der Waals surface area contributed by atoms with Crippen LogP contribution < -0.4 is 4.74 Å². The van der Waals surface area contributed by atoms with Crippen molar-refractivity contribution in [2.24, 2.45) is 0 Å². The maximum absolute atomic E-state index is 12.9. The van der Waals surface area contributed by atoms with Crippen molar-refractivity contribution < 1.29 is 18.3 Å². The Labute approximate surface area is 110 Å². The van der Waals surface area contributed by atoms with Crippen molar-refractivity contribution in [3.05, 3.63) is 29.8 Å². The van der Waals surface area contributed by atoms with Gasteiger partial charge in [0.15, 0.2) is 0 Å². The first-order valence-electron chi connectivity index (χ1n) is 5.72. The van der Waals surface area contributed by atoms with Crippen LogP contribution in [-0.2, 0) is 4.79 Å². The highest BCUT2D eigenvalue weighted by Gasteiger charge is 2.09. The van der Waals surface area contributed by atoms with E-state index < -0.39 is 11.6 Å². The summed E-state index contributed by atoms with van der Waals surface area (Å²) in [6.07, 6.45) is 0.346. The zero-order valence-electron chi connectivity index (χ0n) is 10.5. The molecule has 102 valence electrons. The zero-order chi connectivity index (χ0) is 14.3. The highest BCUT2D eigenvalue weighted by atomic mass is 19.1. The van der Waals surface area contributed by atoms with Crippen LogP contribution in [0.5, 0.6) is 5.75 Å². The third-order valence-corrected chi connectivity index (χ3v) is 2.41. The molecule has 0 atom stereocenters. The third-order valence-electron chi connectivity index (χ3n) is 2.41. The van der Waals surface area contributed by atoms with Gasteiger partial charge < -0.3 is 9.64 Å². The van der Waals surface area contributed by atoms with Crippen LogP contribution in [0.25, 0.3) is 0 Å². The van der Waals surface area contributed by atoms with Gasteiger partial charge >= 0.3 is 0 Å². The first-order chi connectivity index (χ1) is 9.02. The number of nitrogens with zero attached hydrogens (tertiary/aromatic N) is 2. The van der Waals surface area contributed by atoms with Gasteiger partial charge in [0.1, 0.15) is 17.4 Å². The molecule has 1 rings (SSSR count). The molecule has 0 aliphatic rings. The molecule has 4 nitrogen and oxygen atoms in total. The second-order valence-corrected chi connectivity index (χ2v) is 3.93. The number of nitriles is 1. The molecular formula is C13H14F2N2O2. The summed E-state index contributed by atoms with van der Waals surface area (Å²) in [6.45, 7) is 0.378. The molecular weight excluding hydrogens is 254 g/mol. The SMILES string of the molecule is CN(CCC#N)C(=O)CCOc1cc(F)cc(F)c1. The number of benzene rings is 1. The second-order valence-electron chi connectivity index (χ2n) is 3.93. The van der Waals surface area contributed by atoms with Crippen LogP contribution in [-0.4, -0.2) is 31.0 Å². The summed E-state index contributed by atoms with van der Waals surface area (Å²) in [5, 5.41) is 8.39. The molecule has 1 aromatic carbocycles. The van der Waals surface area contributed by atoms with Crippen molar-refractivity contribution in [3.8, 4) is 11.8 Å². The van der Waals surface area contributed by atoms with Gasteiger partial charge in [-0.3, -0.25) is 4.79 Å². The van der Waals surface area contributed by atoms with Crippen LogP contribution >= 0.6 is 0 Å². The number of amides is 1. The van der Waals surface area contributed by atoms with E-state index in [9.17, 15) is 13.6 Å². The number of hydrogen-bond acceptors (Lipinski definition) is 3. The molecule has 0 aromatic heterocycles. The second kappa shape index (κ2) is 7.31. The number of halogens is 2. The molecule has 0 radical (unpaired) electrons. The van der Waals surface area contributed by atoms with Crippen molar-refractivity contribution in [2.45, 2.75) is 12.8 Å². The summed E-state index contributed by atoms with van der Waals surface area (Å²) in [5.41, 5.74) is 0. The zero-order valence-corrected chi connectivity index (χ0v) is 10.5. The lowest BCUT2D eigenvalue weighted by molar-refractivity contribution is -0.130. The van der Waals surface area contributed by atoms with Crippen LogP contribution in [0.3, 0.4) is 0 Å². The van der Waals surface area contributed by atoms with Crippen LogP contribution in [0.4, 0.5) is 8.78 Å². The summed E-state index contributed by atoms with van der Waals surface area (Å²) >= 11 is 0. The molecule has 6 heteroatoms. The largest absolute Gasteiger partial charge is 0.493 e. The summed E-state index contributed by atoms with van der Waals surface area (Å²) < 4.78 is 30.8. The van der Waals surface area contributed by atoms with Gasteiger partial charge in [0, 0.05) is 31.8 Å². The smallest absolute Gasteiger partial charge is 0.225 e. The minimum Gasteiger partial charge on any atom is -0.493 e. The lowest BCUT2D eigenvalue weighted by atomic mass is 10.3. The van der Waals surface area contributed by atoms with Gasteiger partial charge in [0.25, 0.3) is 0 Å². The fourth-order valence-corrected chi connectivity index (χ4v) is 1.40. The summed E-state index contributed by atoms with van der Waals surface area (Å²) in [4.78, 5) is 13.0. The number of hydrogen-bond donors (Lipinski definition) is 0. The lowest BCUT2D eigenvalue weighted by Crippen LogP contribution is -2.28. The summed E-state index contributed by atoms with van der Waals surface area (Å²) in [6, 6.07) is 4.78. The molecule has 0 aliphatic heterocycles. The molecule has 0 heterocycles. The number of rotatable bonds is 6. The van der Waals surface area contributed by atoms with E-state index in [1.807, 2.05) is 6.07 Å². The predicted molar refractivity (Wildman–Crippen MR) is 64.3 cm³/mol. The monoisotopic (exact) mass is 268 g/mol. The summed E-state index contributed by atoms with van der Waals surface area (Å²) in [7, 11) is 1.58. The molecule has 1 aromatic rings. The Morgan fingerprint density at radius 2 is 2.00 bits per heavy atom. The highest BCUT2D eigenvalue weighted by Crippen LogP contribution is 2.15. The average molecular weight is 268 g/mol. The van der Waals surface area contributed by atoms with Crippen molar-refractivity contribution in [1.82, 2.24) is 4.90 Å². The fraction of sp³-hybridized carbons (Fsp3) is 0.385. The predicted octanol–water partition coefficient (Wildman–Crippen LogP) is 2.11. The Bertz CT molecular complexity index is 466. The van der Waals surface area contributed by atoms with Crippen LogP contribution in [0.1, 0.15) is 12.8 Å². The Morgan fingerprint density at radius 1 is 1.37 bits per heavy atom. The number of carbonyl (C=O) groups excluding carboxylic acids is 1. The van der Waals surface area contributed by atoms with E-state index in [0.717, 1.165) is 18.2 Å². The third kappa shape index (κ3) is 5.34. The van der Waals surface area contributed by atoms with Gasteiger partial charge in [-0.1, -0.05) is 0 Å². The maximum Gasteiger partial charge on any atom is 0.225 e. The van der Waals surface area contributed by atoms with Crippen LogP contribution in [0.2, 0.25) is 0 Å². The minimum atomic E-state index is -0.729. The Morgan fingerprint density at radius 3 is 2.58 bits per heavy atom. The molecule has 1 amide bonds. The van der Waals surface area contributed by atoms with Crippen molar-refractivity contribution in [1.29, 1.82) is 5.26 Å². The Kier molecular flexibility index (Phi) is 5.73. The normalized spacial score (nSPS) is 9.79. The van der Waals surface area contributed by atoms with Gasteiger partial charge in [0.2, 0.25) is 5.91 Å². The quantitative estimate of drug-likeness (QED) is 0.794. The van der Waals surface area contributed by atoms with E-state index in [-0.39, 0.29) is 31.1 Å². The molecule has 0 N–H and O–H groups in total. The molecule has 19 heavy (non-hydrogen) atoms. The standard InChI is InChI=1S/C13H14F2N2O2/c1-17(5-2-4-16)13(18)3-6-19-12-8-10(14)7-11(15)9-12/h7-9H,2-3,5-6H2,1H3. The molecule has 0 saturated carbocycles. The highest BCUT2D eigenvalue weighted by molar-refractivity contribution is 5.75. The molecule has 0 unspecified atom stereocenters. The molecule has 0 aliphatic carbocycles. The Balaban J connectivity index is 2.37. The van der Waals surface area contributed by atoms with Gasteiger partial charge in [-0.25, -0.2) is 8.78 Å². The van der Waals surface area contributed by atoms with Gasteiger partial charge in [0.05, 0.1) is 25.5 Å². The van der Waals surface area contributed by atoms with E-state index >= 15 is 0 Å². The van der Waals surface area contributed by atoms with Crippen LogP contribution in [0.15, 0.2) is 18.2 Å². The molecule has 0 spiro atoms. The van der Waals surface area contributed by atoms with Crippen LogP contribution in [0, 0.1) is 23.0 Å². The number of ether oxygens (including phenoxy) is 1. The van der Waals surface area contributed by atoms with Gasteiger partial charge in [-0.2, -0.15) is 5.26 Å². The molecule has 0 saturated heterocycles. The van der Waals surface area contributed by atoms with Gasteiger partial charge in [-0.15, -0.1) is 0 Å². The van der Waals surface area contributed by atoms with Crippen molar-refractivity contribution in [3.63, 3.8) is 0 Å². The van der Waals surface area contributed by atoms with Crippen molar-refractivity contribution >= 4 is 5.91 Å². The fourth-order valence-electron chi connectivity index (χ4n) is 1.40. The molecule has 0 bridgehead atoms. The van der Waals surface area contributed by atoms with E-state index in [0.29, 0.717) is 6.54 Å². The Hall–Kier alpha value is -2.16. The average Bonchev–Trinajstić information content (AvgIpc) is 2.34. The number of carbonyl (C=O) groups is 1. The maximum atomic E-state index is 12.9. The first kappa shape index (κ1) is 14.9.